The Morgan fingerprint density at radius 2 is 1.86 bits per heavy atom. The zero-order valence-corrected chi connectivity index (χ0v) is 21.1. The first-order chi connectivity index (χ1) is 17.4. The third-order valence-electron chi connectivity index (χ3n) is 7.51. The second kappa shape index (κ2) is 10.3. The minimum absolute atomic E-state index is 0.0217. The van der Waals surface area contributed by atoms with Gasteiger partial charge in [0.1, 0.15) is 11.8 Å². The van der Waals surface area contributed by atoms with Crippen LogP contribution in [0.4, 0.5) is 0 Å². The van der Waals surface area contributed by atoms with Crippen LogP contribution in [-0.4, -0.2) is 29.3 Å². The summed E-state index contributed by atoms with van der Waals surface area (Å²) in [7, 11) is 0. The van der Waals surface area contributed by atoms with Crippen molar-refractivity contribution in [3.8, 4) is 0 Å². The third-order valence-corrected chi connectivity index (χ3v) is 7.51. The number of aryl methyl sites for hydroxylation is 1. The average Bonchev–Trinajstić information content (AvgIpc) is 3.61. The Balaban J connectivity index is 1.41. The van der Waals surface area contributed by atoms with E-state index in [0.29, 0.717) is 25.4 Å². The van der Waals surface area contributed by atoms with Gasteiger partial charge >= 0.3 is 0 Å². The molecular weight excluding hydrogens is 450 g/mol. The van der Waals surface area contributed by atoms with Crippen LogP contribution in [0.5, 0.6) is 0 Å². The van der Waals surface area contributed by atoms with Crippen molar-refractivity contribution in [3.63, 3.8) is 0 Å². The Bertz CT molecular complexity index is 1230. The van der Waals surface area contributed by atoms with Gasteiger partial charge in [-0.3, -0.25) is 9.59 Å². The number of hydrogen-bond donors (Lipinski definition) is 2. The van der Waals surface area contributed by atoms with Crippen LogP contribution in [0, 0.1) is 5.92 Å². The van der Waals surface area contributed by atoms with Crippen molar-refractivity contribution in [2.45, 2.75) is 64.1 Å². The van der Waals surface area contributed by atoms with Crippen LogP contribution in [0.1, 0.15) is 77.2 Å². The summed E-state index contributed by atoms with van der Waals surface area (Å²) in [6, 6.07) is 19.6. The lowest BCUT2D eigenvalue weighted by Crippen LogP contribution is -2.46. The SMILES string of the molecule is CC(C)Cc1oc(C(=O)N2C[C@@H](c3ccccc3)C[C@H]2C(=O)N[C@@H]2CCc3ccccc32)cc1CN. The van der Waals surface area contributed by atoms with Gasteiger partial charge in [0.25, 0.3) is 5.91 Å². The molecule has 0 saturated carbocycles. The lowest BCUT2D eigenvalue weighted by Gasteiger charge is -2.25. The van der Waals surface area contributed by atoms with Crippen molar-refractivity contribution in [2.24, 2.45) is 11.7 Å². The summed E-state index contributed by atoms with van der Waals surface area (Å²) < 4.78 is 6.04. The molecule has 1 aliphatic heterocycles. The van der Waals surface area contributed by atoms with E-state index < -0.39 is 6.04 Å². The number of nitrogens with one attached hydrogen (secondary N) is 1. The minimum Gasteiger partial charge on any atom is -0.456 e. The number of benzene rings is 2. The Labute approximate surface area is 212 Å². The van der Waals surface area contributed by atoms with E-state index in [0.717, 1.165) is 36.1 Å². The molecule has 2 amide bonds. The Kier molecular flexibility index (Phi) is 6.97. The van der Waals surface area contributed by atoms with Gasteiger partial charge in [-0.15, -0.1) is 0 Å². The molecule has 3 atom stereocenters. The maximum absolute atomic E-state index is 13.8. The van der Waals surface area contributed by atoms with Gasteiger partial charge in [0, 0.05) is 31.0 Å². The monoisotopic (exact) mass is 485 g/mol. The van der Waals surface area contributed by atoms with Crippen molar-refractivity contribution in [1.82, 2.24) is 10.2 Å². The Morgan fingerprint density at radius 3 is 2.61 bits per heavy atom. The maximum Gasteiger partial charge on any atom is 0.290 e. The lowest BCUT2D eigenvalue weighted by atomic mass is 9.96. The summed E-state index contributed by atoms with van der Waals surface area (Å²) >= 11 is 0. The van der Waals surface area contributed by atoms with Gasteiger partial charge in [-0.25, -0.2) is 0 Å². The molecule has 3 aromatic rings. The molecule has 6 heteroatoms. The van der Waals surface area contributed by atoms with Crippen LogP contribution in [0.3, 0.4) is 0 Å². The molecule has 6 nitrogen and oxygen atoms in total. The van der Waals surface area contributed by atoms with Gasteiger partial charge in [0.05, 0.1) is 6.04 Å². The number of hydrogen-bond acceptors (Lipinski definition) is 4. The molecule has 1 saturated heterocycles. The van der Waals surface area contributed by atoms with E-state index in [-0.39, 0.29) is 29.5 Å². The topological polar surface area (TPSA) is 88.6 Å². The summed E-state index contributed by atoms with van der Waals surface area (Å²) in [6.07, 6.45) is 3.13. The molecule has 0 unspecified atom stereocenters. The summed E-state index contributed by atoms with van der Waals surface area (Å²) in [4.78, 5) is 29.1. The van der Waals surface area contributed by atoms with Crippen molar-refractivity contribution >= 4 is 11.8 Å². The largest absolute Gasteiger partial charge is 0.456 e. The number of nitrogens with two attached hydrogens (primary N) is 1. The van der Waals surface area contributed by atoms with Crippen LogP contribution in [0.15, 0.2) is 65.1 Å². The van der Waals surface area contributed by atoms with Gasteiger partial charge in [-0.2, -0.15) is 0 Å². The molecule has 188 valence electrons. The Hall–Kier alpha value is -3.38. The normalized spacial score (nSPS) is 21.1. The van der Waals surface area contributed by atoms with Crippen LogP contribution < -0.4 is 11.1 Å². The minimum atomic E-state index is -0.560. The standard InChI is InChI=1S/C30H35N3O3/c1-19(2)14-27-22(17-31)16-28(36-27)30(35)33-18-23(20-8-4-3-5-9-20)15-26(33)29(34)32-25-13-12-21-10-6-7-11-24(21)25/h3-11,16,19,23,25-26H,12-15,17-18,31H2,1-2H3,(H,32,34)/t23-,25+,26-/m0/s1. The first kappa shape index (κ1) is 24.3. The van der Waals surface area contributed by atoms with Crippen LogP contribution >= 0.6 is 0 Å². The van der Waals surface area contributed by atoms with Crippen molar-refractivity contribution in [3.05, 3.63) is 94.4 Å². The van der Waals surface area contributed by atoms with Gasteiger partial charge in [-0.05, 0) is 47.9 Å². The molecule has 0 radical (unpaired) electrons. The summed E-state index contributed by atoms with van der Waals surface area (Å²) in [5, 5.41) is 3.26. The number of carbonyl (C=O) groups excluding carboxylic acids is 2. The van der Waals surface area contributed by atoms with E-state index in [1.54, 1.807) is 11.0 Å². The van der Waals surface area contributed by atoms with Gasteiger partial charge in [0.2, 0.25) is 5.91 Å². The highest BCUT2D eigenvalue weighted by Crippen LogP contribution is 2.35. The van der Waals surface area contributed by atoms with Crippen LogP contribution in [-0.2, 0) is 24.2 Å². The third kappa shape index (κ3) is 4.82. The molecule has 0 spiro atoms. The summed E-state index contributed by atoms with van der Waals surface area (Å²) in [5.41, 5.74) is 10.4. The van der Waals surface area contributed by atoms with E-state index in [9.17, 15) is 9.59 Å². The zero-order chi connectivity index (χ0) is 25.2. The highest BCUT2D eigenvalue weighted by atomic mass is 16.4. The molecule has 1 aromatic heterocycles. The molecule has 5 rings (SSSR count). The Morgan fingerprint density at radius 1 is 1.11 bits per heavy atom. The quantitative estimate of drug-likeness (QED) is 0.506. The van der Waals surface area contributed by atoms with Crippen LogP contribution in [0.2, 0.25) is 0 Å². The second-order valence-electron chi connectivity index (χ2n) is 10.5. The van der Waals surface area contributed by atoms with E-state index in [1.807, 2.05) is 30.3 Å². The highest BCUT2D eigenvalue weighted by molar-refractivity contribution is 5.96. The lowest BCUT2D eigenvalue weighted by molar-refractivity contribution is -0.125. The smallest absolute Gasteiger partial charge is 0.290 e. The van der Waals surface area contributed by atoms with Gasteiger partial charge < -0.3 is 20.4 Å². The predicted molar refractivity (Wildman–Crippen MR) is 139 cm³/mol. The number of likely N-dealkylation sites (tertiary alicyclic amines) is 1. The van der Waals surface area contributed by atoms with E-state index in [2.05, 4.69) is 43.4 Å². The number of amides is 2. The van der Waals surface area contributed by atoms with E-state index in [4.69, 9.17) is 10.2 Å². The highest BCUT2D eigenvalue weighted by Gasteiger charge is 2.42. The fourth-order valence-corrected chi connectivity index (χ4v) is 5.68. The number of furan rings is 1. The van der Waals surface area contributed by atoms with Crippen molar-refractivity contribution in [1.29, 1.82) is 0 Å². The molecule has 3 N–H and O–H groups in total. The fraction of sp³-hybridized carbons (Fsp3) is 0.400. The van der Waals surface area contributed by atoms with Gasteiger partial charge in [-0.1, -0.05) is 68.4 Å². The zero-order valence-electron chi connectivity index (χ0n) is 21.1. The van der Waals surface area contributed by atoms with E-state index in [1.165, 1.54) is 11.1 Å². The molecule has 2 aromatic carbocycles. The summed E-state index contributed by atoms with van der Waals surface area (Å²) in [5.74, 6) is 1.15. The number of nitrogens with zero attached hydrogens (tertiary/aromatic N) is 1. The maximum atomic E-state index is 13.8. The molecule has 2 aliphatic rings. The predicted octanol–water partition coefficient (Wildman–Crippen LogP) is 4.74. The summed E-state index contributed by atoms with van der Waals surface area (Å²) in [6.45, 7) is 5.00. The molecule has 36 heavy (non-hydrogen) atoms. The number of rotatable bonds is 7. The first-order valence-corrected chi connectivity index (χ1v) is 13.0. The van der Waals surface area contributed by atoms with E-state index >= 15 is 0 Å². The van der Waals surface area contributed by atoms with Crippen molar-refractivity contribution in [2.75, 3.05) is 6.54 Å². The average molecular weight is 486 g/mol. The molecule has 1 aliphatic carbocycles. The number of fused-ring (bicyclic) bond motifs is 1. The second-order valence-corrected chi connectivity index (χ2v) is 10.5. The van der Waals surface area contributed by atoms with Gasteiger partial charge in [0.15, 0.2) is 5.76 Å². The number of carbonyl (C=O) groups is 2. The molecule has 0 bridgehead atoms. The molecular formula is C30H35N3O3. The fourth-order valence-electron chi connectivity index (χ4n) is 5.68. The molecule has 1 fully saturated rings. The first-order valence-electron chi connectivity index (χ1n) is 13.0. The molecule has 2 heterocycles. The van der Waals surface area contributed by atoms with Crippen molar-refractivity contribution < 1.29 is 14.0 Å². The van der Waals surface area contributed by atoms with Crippen LogP contribution in [0.25, 0.3) is 0 Å².